The number of nitriles is 1. The second-order valence-corrected chi connectivity index (χ2v) is 7.59. The van der Waals surface area contributed by atoms with E-state index in [1.807, 2.05) is 0 Å². The van der Waals surface area contributed by atoms with Gasteiger partial charge in [0.15, 0.2) is 21.3 Å². The Morgan fingerprint density at radius 2 is 2.14 bits per heavy atom. The lowest BCUT2D eigenvalue weighted by atomic mass is 10.0. The highest BCUT2D eigenvalue weighted by molar-refractivity contribution is 7.91. The molecule has 112 valence electrons. The van der Waals surface area contributed by atoms with Gasteiger partial charge in [-0.3, -0.25) is 0 Å². The zero-order chi connectivity index (χ0) is 15.3. The van der Waals surface area contributed by atoms with Gasteiger partial charge in [0.1, 0.15) is 5.41 Å². The van der Waals surface area contributed by atoms with Crippen LogP contribution in [0.5, 0.6) is 11.5 Å². The molecule has 3 rings (SSSR count). The van der Waals surface area contributed by atoms with Crippen LogP contribution in [0.1, 0.15) is 11.5 Å². The zero-order valence-electron chi connectivity index (χ0n) is 11.7. The fourth-order valence-electron chi connectivity index (χ4n) is 3.19. The third-order valence-corrected chi connectivity index (χ3v) is 5.68. The molecule has 1 aliphatic carbocycles. The van der Waals surface area contributed by atoms with Gasteiger partial charge < -0.3 is 14.2 Å². The highest BCUT2D eigenvalue weighted by Gasteiger charge is 2.71. The number of sulfone groups is 1. The minimum atomic E-state index is -3.36. The lowest BCUT2D eigenvalue weighted by molar-refractivity contribution is 0.162. The van der Waals surface area contributed by atoms with E-state index in [1.165, 1.54) is 7.11 Å². The average molecular weight is 309 g/mol. The van der Waals surface area contributed by atoms with Crippen molar-refractivity contribution >= 4 is 9.84 Å². The van der Waals surface area contributed by atoms with Gasteiger partial charge in [0.05, 0.1) is 17.9 Å². The Hall–Kier alpha value is -1.78. The van der Waals surface area contributed by atoms with Crippen molar-refractivity contribution in [3.8, 4) is 17.6 Å². The molecule has 21 heavy (non-hydrogen) atoms. The summed E-state index contributed by atoms with van der Waals surface area (Å²) in [5.74, 6) is 0.799. The Morgan fingerprint density at radius 1 is 1.43 bits per heavy atom. The number of benzene rings is 1. The van der Waals surface area contributed by atoms with E-state index in [9.17, 15) is 13.7 Å². The summed E-state index contributed by atoms with van der Waals surface area (Å²) in [5, 5.41) is 8.74. The van der Waals surface area contributed by atoms with Gasteiger partial charge in [-0.25, -0.2) is 8.42 Å². The van der Waals surface area contributed by atoms with Crippen molar-refractivity contribution in [3.05, 3.63) is 23.8 Å². The summed E-state index contributed by atoms with van der Waals surface area (Å²) in [6.07, 6.45) is 1.16. The molecule has 0 N–H and O–H groups in total. The molecule has 6 nitrogen and oxygen atoms in total. The smallest absolute Gasteiger partial charge is 0.231 e. The van der Waals surface area contributed by atoms with Crippen LogP contribution < -0.4 is 9.47 Å². The van der Waals surface area contributed by atoms with E-state index < -0.39 is 26.4 Å². The number of hydrogen-bond acceptors (Lipinski definition) is 6. The van der Waals surface area contributed by atoms with Crippen LogP contribution in [-0.4, -0.2) is 40.4 Å². The van der Waals surface area contributed by atoms with Crippen LogP contribution in [0.25, 0.3) is 0 Å². The molecule has 3 atom stereocenters. The van der Waals surface area contributed by atoms with Crippen LogP contribution in [0.4, 0.5) is 0 Å². The lowest BCUT2D eigenvalue weighted by Gasteiger charge is -2.07. The van der Waals surface area contributed by atoms with E-state index in [4.69, 9.17) is 14.2 Å². The Labute approximate surface area is 123 Å². The maximum Gasteiger partial charge on any atom is 0.231 e. The molecular weight excluding hydrogens is 294 g/mol. The number of hydrogen-bond donors (Lipinski definition) is 0. The van der Waals surface area contributed by atoms with Crippen LogP contribution in [0.2, 0.25) is 0 Å². The van der Waals surface area contributed by atoms with Gasteiger partial charge in [-0.05, 0) is 17.7 Å². The standard InChI is InChI=1S/C14H15NO5S/c1-18-7-14(6-15)12(13(14)21(2,16)17)9-3-4-10-11(5-9)20-8-19-10/h3-5,12-13H,7-8H2,1-2H3/t12-,13-,14+/m0/s1. The molecule has 0 unspecified atom stereocenters. The summed E-state index contributed by atoms with van der Waals surface area (Å²) in [5.41, 5.74) is -0.274. The summed E-state index contributed by atoms with van der Waals surface area (Å²) in [6, 6.07) is 7.42. The monoisotopic (exact) mass is 309 g/mol. The van der Waals surface area contributed by atoms with Crippen LogP contribution in [-0.2, 0) is 14.6 Å². The van der Waals surface area contributed by atoms with Crippen molar-refractivity contribution in [1.82, 2.24) is 0 Å². The minimum Gasteiger partial charge on any atom is -0.454 e. The molecule has 0 amide bonds. The van der Waals surface area contributed by atoms with E-state index in [0.717, 1.165) is 11.8 Å². The number of ether oxygens (including phenoxy) is 3. The Bertz CT molecular complexity index is 723. The van der Waals surface area contributed by atoms with Gasteiger partial charge >= 0.3 is 0 Å². The van der Waals surface area contributed by atoms with Gasteiger partial charge in [0, 0.05) is 19.3 Å². The quantitative estimate of drug-likeness (QED) is 0.827. The molecule has 0 saturated heterocycles. The average Bonchev–Trinajstić information content (AvgIpc) is 2.88. The molecule has 2 aliphatic rings. The molecule has 1 aromatic carbocycles. The summed E-state index contributed by atoms with van der Waals surface area (Å²) in [7, 11) is -1.89. The second-order valence-electron chi connectivity index (χ2n) is 5.43. The van der Waals surface area contributed by atoms with Gasteiger partial charge in [0.2, 0.25) is 6.79 Å². The number of nitrogens with zero attached hydrogens (tertiary/aromatic N) is 1. The first-order valence-corrected chi connectivity index (χ1v) is 8.38. The first kappa shape index (κ1) is 14.2. The van der Waals surface area contributed by atoms with Crippen LogP contribution >= 0.6 is 0 Å². The summed E-state index contributed by atoms with van der Waals surface area (Å²) < 4.78 is 39.6. The molecule has 1 heterocycles. The Balaban J connectivity index is 2.03. The third-order valence-electron chi connectivity index (χ3n) is 4.06. The van der Waals surface area contributed by atoms with Gasteiger partial charge in [0.25, 0.3) is 0 Å². The summed E-state index contributed by atoms with van der Waals surface area (Å²) in [4.78, 5) is 0. The largest absolute Gasteiger partial charge is 0.454 e. The summed E-state index contributed by atoms with van der Waals surface area (Å²) >= 11 is 0. The molecule has 1 aliphatic heterocycles. The predicted octanol–water partition coefficient (Wildman–Crippen LogP) is 1.08. The lowest BCUT2D eigenvalue weighted by Crippen LogP contribution is -2.17. The topological polar surface area (TPSA) is 85.6 Å². The number of rotatable bonds is 4. The van der Waals surface area contributed by atoms with Crippen LogP contribution in [0.15, 0.2) is 18.2 Å². The van der Waals surface area contributed by atoms with Crippen molar-refractivity contribution in [3.63, 3.8) is 0 Å². The maximum atomic E-state index is 12.0. The molecular formula is C14H15NO5S. The Morgan fingerprint density at radius 3 is 2.76 bits per heavy atom. The first-order valence-electron chi connectivity index (χ1n) is 6.42. The number of fused-ring (bicyclic) bond motifs is 1. The highest BCUT2D eigenvalue weighted by Crippen LogP contribution is 2.63. The van der Waals surface area contributed by atoms with E-state index >= 15 is 0 Å². The fourth-order valence-corrected chi connectivity index (χ4v) is 5.04. The normalized spacial score (nSPS) is 30.0. The minimum absolute atomic E-state index is 0.0837. The van der Waals surface area contributed by atoms with Gasteiger partial charge in [-0.2, -0.15) is 5.26 Å². The summed E-state index contributed by atoms with van der Waals surface area (Å²) in [6.45, 7) is 0.237. The second kappa shape index (κ2) is 4.61. The van der Waals surface area contributed by atoms with E-state index in [0.29, 0.717) is 11.5 Å². The van der Waals surface area contributed by atoms with Crippen LogP contribution in [0, 0.1) is 16.7 Å². The predicted molar refractivity (Wildman–Crippen MR) is 73.9 cm³/mol. The van der Waals surface area contributed by atoms with E-state index in [1.54, 1.807) is 18.2 Å². The molecule has 0 bridgehead atoms. The third kappa shape index (κ3) is 2.06. The van der Waals surface area contributed by atoms with Crippen molar-refractivity contribution in [1.29, 1.82) is 5.26 Å². The SMILES string of the molecule is COC[C@]1(C#N)[C@@H](c2ccc3c(c2)OCO3)[C@@H]1S(C)(=O)=O. The van der Waals surface area contributed by atoms with Crippen molar-refractivity contribution in [2.24, 2.45) is 5.41 Å². The van der Waals surface area contributed by atoms with Gasteiger partial charge in [-0.15, -0.1) is 0 Å². The van der Waals surface area contributed by atoms with E-state index in [2.05, 4.69) is 6.07 Å². The van der Waals surface area contributed by atoms with Crippen molar-refractivity contribution in [2.75, 3.05) is 26.8 Å². The molecule has 0 spiro atoms. The van der Waals surface area contributed by atoms with E-state index in [-0.39, 0.29) is 13.4 Å². The highest BCUT2D eigenvalue weighted by atomic mass is 32.2. The molecule has 0 radical (unpaired) electrons. The first-order chi connectivity index (χ1) is 9.94. The molecule has 1 fully saturated rings. The fraction of sp³-hybridized carbons (Fsp3) is 0.500. The van der Waals surface area contributed by atoms with Crippen molar-refractivity contribution < 1.29 is 22.6 Å². The maximum absolute atomic E-state index is 12.0. The molecule has 1 saturated carbocycles. The molecule has 7 heteroatoms. The molecule has 0 aromatic heterocycles. The van der Waals surface area contributed by atoms with Gasteiger partial charge in [-0.1, -0.05) is 6.07 Å². The van der Waals surface area contributed by atoms with Crippen LogP contribution in [0.3, 0.4) is 0 Å². The zero-order valence-corrected chi connectivity index (χ0v) is 12.5. The molecule has 1 aromatic rings. The van der Waals surface area contributed by atoms with Crippen molar-refractivity contribution in [2.45, 2.75) is 11.2 Å². The Kier molecular flexibility index (Phi) is 3.11. The number of methoxy groups -OCH3 is 1.